The van der Waals surface area contributed by atoms with Crippen molar-refractivity contribution in [2.45, 2.75) is 18.7 Å². The highest BCUT2D eigenvalue weighted by Gasteiger charge is 2.18. The van der Waals surface area contributed by atoms with Crippen molar-refractivity contribution in [2.24, 2.45) is 0 Å². The molecule has 1 amide bonds. The molecule has 4 nitrogen and oxygen atoms in total. The third-order valence-corrected chi connectivity index (χ3v) is 4.41. The smallest absolute Gasteiger partial charge is 0.327 e. The minimum absolute atomic E-state index is 0.323. The van der Waals surface area contributed by atoms with Crippen molar-refractivity contribution in [2.75, 3.05) is 5.75 Å². The standard InChI is InChI=1S/C12H15NO3S2/c1-9(14)13-11(12(15)16)8-18-17-7-10-5-3-2-4-6-10/h2-6,11H,7-8H2,1H3,(H,13,14)(H,15,16)/t11-/m0/s1. The lowest BCUT2D eigenvalue weighted by molar-refractivity contribution is -0.140. The first-order valence-corrected chi connectivity index (χ1v) is 7.86. The monoisotopic (exact) mass is 285 g/mol. The summed E-state index contributed by atoms with van der Waals surface area (Å²) in [6.45, 7) is 1.32. The van der Waals surface area contributed by atoms with E-state index in [0.717, 1.165) is 5.75 Å². The van der Waals surface area contributed by atoms with E-state index < -0.39 is 12.0 Å². The molecule has 1 atom stereocenters. The summed E-state index contributed by atoms with van der Waals surface area (Å²) in [5.74, 6) is -0.154. The van der Waals surface area contributed by atoms with Gasteiger partial charge in [-0.3, -0.25) is 4.79 Å². The maximum absolute atomic E-state index is 10.9. The summed E-state index contributed by atoms with van der Waals surface area (Å²) in [6.07, 6.45) is 0. The number of benzene rings is 1. The summed E-state index contributed by atoms with van der Waals surface area (Å²) in [5.41, 5.74) is 1.20. The van der Waals surface area contributed by atoms with E-state index in [1.165, 1.54) is 23.3 Å². The topological polar surface area (TPSA) is 66.4 Å². The molecule has 0 aliphatic heterocycles. The van der Waals surface area contributed by atoms with Gasteiger partial charge < -0.3 is 10.4 Å². The van der Waals surface area contributed by atoms with Gasteiger partial charge in [0.05, 0.1) is 0 Å². The second-order valence-corrected chi connectivity index (χ2v) is 6.13. The van der Waals surface area contributed by atoms with Gasteiger partial charge in [-0.05, 0) is 5.56 Å². The Labute approximate surface area is 114 Å². The molecule has 0 aliphatic rings. The van der Waals surface area contributed by atoms with Gasteiger partial charge in [0.15, 0.2) is 0 Å². The molecular formula is C12H15NO3S2. The zero-order valence-electron chi connectivity index (χ0n) is 9.96. The lowest BCUT2D eigenvalue weighted by Gasteiger charge is -2.12. The van der Waals surface area contributed by atoms with Gasteiger partial charge >= 0.3 is 5.97 Å². The molecule has 0 aromatic heterocycles. The van der Waals surface area contributed by atoms with Gasteiger partial charge in [0.25, 0.3) is 0 Å². The van der Waals surface area contributed by atoms with E-state index in [2.05, 4.69) is 5.32 Å². The average molecular weight is 285 g/mol. The molecule has 2 N–H and O–H groups in total. The molecule has 18 heavy (non-hydrogen) atoms. The number of carboxylic acids is 1. The van der Waals surface area contributed by atoms with Gasteiger partial charge in [0.1, 0.15) is 6.04 Å². The third-order valence-electron chi connectivity index (χ3n) is 2.06. The molecule has 0 heterocycles. The summed E-state index contributed by atoms with van der Waals surface area (Å²) in [4.78, 5) is 21.7. The van der Waals surface area contributed by atoms with Crippen LogP contribution in [0.5, 0.6) is 0 Å². The highest BCUT2D eigenvalue weighted by Crippen LogP contribution is 2.26. The lowest BCUT2D eigenvalue weighted by atomic mass is 10.2. The van der Waals surface area contributed by atoms with Crippen molar-refractivity contribution in [1.82, 2.24) is 5.32 Å². The first-order chi connectivity index (χ1) is 8.59. The number of carboxylic acid groups (broad SMARTS) is 1. The van der Waals surface area contributed by atoms with Crippen LogP contribution >= 0.6 is 21.6 Å². The van der Waals surface area contributed by atoms with Crippen LogP contribution in [0.15, 0.2) is 30.3 Å². The molecule has 0 saturated heterocycles. The highest BCUT2D eigenvalue weighted by molar-refractivity contribution is 8.76. The maximum Gasteiger partial charge on any atom is 0.327 e. The lowest BCUT2D eigenvalue weighted by Crippen LogP contribution is -2.41. The van der Waals surface area contributed by atoms with Crippen LogP contribution in [0.4, 0.5) is 0 Å². The first kappa shape index (κ1) is 14.9. The molecule has 0 fully saturated rings. The Balaban J connectivity index is 2.27. The molecular weight excluding hydrogens is 270 g/mol. The summed E-state index contributed by atoms with van der Waals surface area (Å²) >= 11 is 0. The van der Waals surface area contributed by atoms with Crippen molar-refractivity contribution in [3.8, 4) is 0 Å². The van der Waals surface area contributed by atoms with Crippen LogP contribution in [0.2, 0.25) is 0 Å². The van der Waals surface area contributed by atoms with Crippen LogP contribution in [0, 0.1) is 0 Å². The van der Waals surface area contributed by atoms with Gasteiger partial charge in [-0.1, -0.05) is 51.9 Å². The van der Waals surface area contributed by atoms with Crippen LogP contribution < -0.4 is 5.32 Å². The van der Waals surface area contributed by atoms with E-state index in [1.54, 1.807) is 10.8 Å². The molecule has 98 valence electrons. The molecule has 0 spiro atoms. The van der Waals surface area contributed by atoms with E-state index in [-0.39, 0.29) is 5.91 Å². The molecule has 0 bridgehead atoms. The molecule has 0 saturated carbocycles. The van der Waals surface area contributed by atoms with Crippen molar-refractivity contribution < 1.29 is 14.7 Å². The zero-order chi connectivity index (χ0) is 13.4. The quantitative estimate of drug-likeness (QED) is 0.593. The Bertz CT molecular complexity index is 398. The van der Waals surface area contributed by atoms with E-state index in [4.69, 9.17) is 5.11 Å². The number of hydrogen-bond acceptors (Lipinski definition) is 4. The molecule has 0 radical (unpaired) electrons. The second kappa shape index (κ2) is 8.05. The average Bonchev–Trinajstić information content (AvgIpc) is 2.33. The SMILES string of the molecule is CC(=O)N[C@@H](CSSCc1ccccc1)C(=O)O. The Morgan fingerprint density at radius 1 is 1.28 bits per heavy atom. The first-order valence-electron chi connectivity index (χ1n) is 5.38. The summed E-state index contributed by atoms with van der Waals surface area (Å²) in [6, 6.07) is 9.12. The molecule has 0 unspecified atom stereocenters. The number of amides is 1. The van der Waals surface area contributed by atoms with Crippen molar-refractivity contribution in [3.63, 3.8) is 0 Å². The molecule has 1 rings (SSSR count). The van der Waals surface area contributed by atoms with Crippen LogP contribution in [0.25, 0.3) is 0 Å². The van der Waals surface area contributed by atoms with Gasteiger partial charge in [-0.2, -0.15) is 0 Å². The Morgan fingerprint density at radius 2 is 1.94 bits per heavy atom. The molecule has 0 aliphatic carbocycles. The zero-order valence-corrected chi connectivity index (χ0v) is 11.6. The maximum atomic E-state index is 10.9. The molecule has 6 heteroatoms. The minimum atomic E-state index is -1.00. The fraction of sp³-hybridized carbons (Fsp3) is 0.333. The molecule has 1 aromatic rings. The van der Waals surface area contributed by atoms with Crippen molar-refractivity contribution >= 4 is 33.5 Å². The number of hydrogen-bond donors (Lipinski definition) is 2. The van der Waals surface area contributed by atoms with E-state index in [0.29, 0.717) is 5.75 Å². The van der Waals surface area contributed by atoms with Gasteiger partial charge in [0, 0.05) is 18.4 Å². The number of aliphatic carboxylic acids is 1. The Hall–Kier alpha value is -1.14. The summed E-state index contributed by atoms with van der Waals surface area (Å²) < 4.78 is 0. The number of carbonyl (C=O) groups is 2. The second-order valence-electron chi connectivity index (χ2n) is 3.62. The fourth-order valence-electron chi connectivity index (χ4n) is 1.22. The number of rotatable bonds is 7. The number of carbonyl (C=O) groups excluding carboxylic acids is 1. The highest BCUT2D eigenvalue weighted by atomic mass is 33.1. The fourth-order valence-corrected chi connectivity index (χ4v) is 3.45. The number of nitrogens with one attached hydrogen (secondary N) is 1. The van der Waals surface area contributed by atoms with Gasteiger partial charge in [-0.25, -0.2) is 4.79 Å². The van der Waals surface area contributed by atoms with Crippen LogP contribution in [-0.4, -0.2) is 28.8 Å². The third kappa shape index (κ3) is 5.97. The van der Waals surface area contributed by atoms with E-state index >= 15 is 0 Å². The van der Waals surface area contributed by atoms with Crippen molar-refractivity contribution in [3.05, 3.63) is 35.9 Å². The van der Waals surface area contributed by atoms with Crippen LogP contribution in [0.1, 0.15) is 12.5 Å². The van der Waals surface area contributed by atoms with Crippen LogP contribution in [0.3, 0.4) is 0 Å². The predicted molar refractivity (Wildman–Crippen MR) is 75.4 cm³/mol. The Morgan fingerprint density at radius 3 is 2.50 bits per heavy atom. The predicted octanol–water partition coefficient (Wildman–Crippen LogP) is 2.16. The van der Waals surface area contributed by atoms with E-state index in [1.807, 2.05) is 30.3 Å². The van der Waals surface area contributed by atoms with Gasteiger partial charge in [0.2, 0.25) is 5.91 Å². The van der Waals surface area contributed by atoms with Gasteiger partial charge in [-0.15, -0.1) is 0 Å². The summed E-state index contributed by atoms with van der Waals surface area (Å²) in [5, 5.41) is 11.3. The largest absolute Gasteiger partial charge is 0.480 e. The Kier molecular flexibility index (Phi) is 6.67. The molecule has 1 aromatic carbocycles. The van der Waals surface area contributed by atoms with Crippen LogP contribution in [-0.2, 0) is 15.3 Å². The van der Waals surface area contributed by atoms with Crippen molar-refractivity contribution in [1.29, 1.82) is 0 Å². The van der Waals surface area contributed by atoms with E-state index in [9.17, 15) is 9.59 Å². The normalized spacial score (nSPS) is 11.8. The summed E-state index contributed by atoms with van der Waals surface area (Å²) in [7, 11) is 3.03. The minimum Gasteiger partial charge on any atom is -0.480 e.